The van der Waals surface area contributed by atoms with Gasteiger partial charge in [0.15, 0.2) is 0 Å². The van der Waals surface area contributed by atoms with Crippen LogP contribution in [0.5, 0.6) is 0 Å². The molecule has 0 bridgehead atoms. The Kier molecular flexibility index (Phi) is 41.7. The Morgan fingerprint density at radius 2 is 0.576 bits per heavy atom. The molecule has 0 aromatic carbocycles. The van der Waals surface area contributed by atoms with E-state index in [0.717, 1.165) is 0 Å². The van der Waals surface area contributed by atoms with E-state index < -0.39 is 0 Å². The van der Waals surface area contributed by atoms with Gasteiger partial charge >= 0.3 is 21.1 Å². The third-order valence-electron chi connectivity index (χ3n) is 2.14. The molecule has 0 aliphatic rings. The van der Waals surface area contributed by atoms with E-state index in [9.17, 15) is 0 Å². The van der Waals surface area contributed by atoms with E-state index in [1.807, 2.05) is 55.4 Å². The van der Waals surface area contributed by atoms with E-state index in [4.69, 9.17) is 18.9 Å². The molecular formula is C20H36MoO4S8. The Hall–Kier alpha value is 1.13. The summed E-state index contributed by atoms with van der Waals surface area (Å²) in [5.41, 5.74) is 0. The average molecular weight is 693 g/mol. The Bertz CT molecular complexity index is 416. The van der Waals surface area contributed by atoms with E-state index in [0.29, 0.717) is 50.1 Å². The van der Waals surface area contributed by atoms with E-state index in [2.05, 4.69) is 99.4 Å². The van der Waals surface area contributed by atoms with Crippen LogP contribution in [-0.2, 0) is 90.5 Å². The summed E-state index contributed by atoms with van der Waals surface area (Å²) >= 11 is 36.1. The summed E-state index contributed by atoms with van der Waals surface area (Å²) in [4.78, 5) is 0. The predicted octanol–water partition coefficient (Wildman–Crippen LogP) is 5.96. The monoisotopic (exact) mass is 694 g/mol. The van der Waals surface area contributed by atoms with Gasteiger partial charge in [-0.25, -0.2) is 0 Å². The number of rotatable bonds is 8. The average Bonchev–Trinajstić information content (AvgIpc) is 2.63. The zero-order valence-corrected chi connectivity index (χ0v) is 29.0. The quantitative estimate of drug-likeness (QED) is 0.171. The molecule has 0 fully saturated rings. The van der Waals surface area contributed by atoms with Crippen LogP contribution in [0.25, 0.3) is 0 Å². The summed E-state index contributed by atoms with van der Waals surface area (Å²) < 4.78 is 20.3. The van der Waals surface area contributed by atoms with Crippen molar-refractivity contribution in [3.63, 3.8) is 0 Å². The van der Waals surface area contributed by atoms with Crippen molar-refractivity contribution >= 4 is 117 Å². The Morgan fingerprint density at radius 1 is 0.455 bits per heavy atom. The minimum atomic E-state index is 0. The molecule has 0 atom stereocenters. The topological polar surface area (TPSA) is 36.9 Å². The maximum atomic E-state index is 4.85. The zero-order valence-electron chi connectivity index (χ0n) is 20.4. The molecular weight excluding hydrogens is 657 g/mol. The van der Waals surface area contributed by atoms with Crippen LogP contribution in [0.4, 0.5) is 0 Å². The Morgan fingerprint density at radius 3 is 0.606 bits per heavy atom. The van der Waals surface area contributed by atoms with Crippen LogP contribution in [0, 0.1) is 23.7 Å². The van der Waals surface area contributed by atoms with Crippen molar-refractivity contribution < 1.29 is 40.0 Å². The van der Waals surface area contributed by atoms with Crippen molar-refractivity contribution in [3.8, 4) is 0 Å². The minimum Gasteiger partial charge on any atom is -0.513 e. The van der Waals surface area contributed by atoms with Crippen LogP contribution >= 0.6 is 48.9 Å². The van der Waals surface area contributed by atoms with Crippen LogP contribution < -0.4 is 0 Å². The van der Waals surface area contributed by atoms with E-state index in [-0.39, 0.29) is 38.6 Å². The molecule has 0 radical (unpaired) electrons. The third-order valence-corrected chi connectivity index (χ3v) is 3.08. The van der Waals surface area contributed by atoms with Crippen molar-refractivity contribution in [2.45, 2.75) is 55.4 Å². The second-order valence-electron chi connectivity index (χ2n) is 7.82. The van der Waals surface area contributed by atoms with Crippen LogP contribution in [0.1, 0.15) is 55.4 Å². The van der Waals surface area contributed by atoms with Gasteiger partial charge in [0.2, 0.25) is 0 Å². The molecule has 13 heteroatoms. The number of ether oxygens (including phenoxy) is 4. The molecule has 0 rings (SSSR count). The fourth-order valence-corrected chi connectivity index (χ4v) is 1.48. The summed E-state index contributed by atoms with van der Waals surface area (Å²) in [5, 5.41) is 0. The van der Waals surface area contributed by atoms with Crippen LogP contribution in [0.2, 0.25) is 0 Å². The number of thiocarbonyl (C=S) groups is 4. The van der Waals surface area contributed by atoms with Gasteiger partial charge in [0, 0.05) is 17.5 Å². The van der Waals surface area contributed by atoms with Crippen LogP contribution in [-0.4, -0.2) is 44.0 Å². The fourth-order valence-electron chi connectivity index (χ4n) is 0.939. The molecule has 0 N–H and O–H groups in total. The van der Waals surface area contributed by atoms with Gasteiger partial charge in [-0.3, -0.25) is 0 Å². The summed E-state index contributed by atoms with van der Waals surface area (Å²) in [6.07, 6.45) is 0. The molecule has 0 amide bonds. The van der Waals surface area contributed by atoms with Crippen molar-refractivity contribution in [3.05, 3.63) is 0 Å². The first-order valence-corrected chi connectivity index (χ1v) is 13.1. The van der Waals surface area contributed by atoms with Gasteiger partial charge in [-0.2, -0.15) is 0 Å². The molecule has 0 heterocycles. The molecule has 0 aliphatic heterocycles. The fraction of sp³-hybridized carbons (Fsp3) is 0.800. The first kappa shape index (κ1) is 44.1. The Balaban J connectivity index is -0.000000105. The van der Waals surface area contributed by atoms with Gasteiger partial charge in [-0.15, -0.1) is 0 Å². The largest absolute Gasteiger partial charge is 4.00 e. The van der Waals surface area contributed by atoms with Gasteiger partial charge in [-0.1, -0.05) is 55.4 Å². The summed E-state index contributed by atoms with van der Waals surface area (Å²) in [7, 11) is 0. The predicted molar refractivity (Wildman–Crippen MR) is 163 cm³/mol. The molecule has 0 saturated heterocycles. The van der Waals surface area contributed by atoms with Gasteiger partial charge in [0.1, 0.15) is 0 Å². The molecule has 0 spiro atoms. The maximum Gasteiger partial charge on any atom is 4.00 e. The van der Waals surface area contributed by atoms with Crippen LogP contribution in [0.15, 0.2) is 0 Å². The summed E-state index contributed by atoms with van der Waals surface area (Å²) in [5.74, 6) is 2.04. The van der Waals surface area contributed by atoms with Gasteiger partial charge in [-0.05, 0) is 23.7 Å². The first-order chi connectivity index (χ1) is 14.5. The van der Waals surface area contributed by atoms with Crippen molar-refractivity contribution in [2.24, 2.45) is 23.7 Å². The molecule has 194 valence electrons. The third kappa shape index (κ3) is 71.9. The molecule has 0 saturated carbocycles. The van der Waals surface area contributed by atoms with E-state index in [1.54, 1.807) is 0 Å². The van der Waals surface area contributed by atoms with E-state index in [1.165, 1.54) is 0 Å². The zero-order chi connectivity index (χ0) is 26.3. The molecule has 0 aliphatic carbocycles. The summed E-state index contributed by atoms with van der Waals surface area (Å²) in [6, 6.07) is 0. The smallest absolute Gasteiger partial charge is 0.513 e. The second-order valence-corrected chi connectivity index (χ2v) is 11.8. The molecule has 0 aromatic heterocycles. The SMILES string of the molecule is CC(C)COC(=S)[S-].CC(C)COC(=S)[S-].CC(C)COC(=S)[S-].CC(C)COC(=S)[S-].[Mo+4]. The van der Waals surface area contributed by atoms with Crippen molar-refractivity contribution in [2.75, 3.05) is 26.4 Å². The summed E-state index contributed by atoms with van der Waals surface area (Å²) in [6.45, 7) is 19.0. The van der Waals surface area contributed by atoms with Gasteiger partial charge < -0.3 is 118 Å². The maximum absolute atomic E-state index is 4.85. The number of hydrogen-bond donors (Lipinski definition) is 0. The first-order valence-electron chi connectivity index (χ1n) is 9.86. The molecule has 33 heavy (non-hydrogen) atoms. The Labute approximate surface area is 260 Å². The van der Waals surface area contributed by atoms with Crippen molar-refractivity contribution in [1.82, 2.24) is 0 Å². The molecule has 0 unspecified atom stereocenters. The number of hydrogen-bond acceptors (Lipinski definition) is 12. The second kappa shape index (κ2) is 31.2. The normalized spacial score (nSPS) is 9.09. The van der Waals surface area contributed by atoms with Gasteiger partial charge in [0.25, 0.3) is 0 Å². The van der Waals surface area contributed by atoms with Gasteiger partial charge in [0.05, 0.1) is 26.4 Å². The van der Waals surface area contributed by atoms with Crippen LogP contribution in [0.3, 0.4) is 0 Å². The molecule has 0 aromatic rings. The van der Waals surface area contributed by atoms with Crippen molar-refractivity contribution in [1.29, 1.82) is 0 Å². The minimum absolute atomic E-state index is 0. The standard InChI is InChI=1S/4C5H10OS2.Mo/c4*1-4(2)3-6-5(7)8;/h4*4H,3H2,1-2H3,(H,7,8);/q;;;;+4/p-4. The van der Waals surface area contributed by atoms with E-state index >= 15 is 0 Å². The molecule has 4 nitrogen and oxygen atoms in total.